The van der Waals surface area contributed by atoms with Crippen molar-refractivity contribution >= 4 is 71.2 Å². The van der Waals surface area contributed by atoms with E-state index in [0.717, 1.165) is 35.1 Å². The average Bonchev–Trinajstić information content (AvgIpc) is 3.97. The summed E-state index contributed by atoms with van der Waals surface area (Å²) >= 11 is 7.40. The van der Waals surface area contributed by atoms with Gasteiger partial charge in [0.1, 0.15) is 0 Å². The van der Waals surface area contributed by atoms with E-state index < -0.39 is 0 Å². The van der Waals surface area contributed by atoms with Crippen molar-refractivity contribution in [1.82, 2.24) is 19.9 Å². The molecule has 0 spiro atoms. The molecule has 0 radical (unpaired) electrons. The van der Waals surface area contributed by atoms with Crippen molar-refractivity contribution in [3.05, 3.63) is 240 Å². The molecule has 2 aliphatic rings. The summed E-state index contributed by atoms with van der Waals surface area (Å²) in [6.07, 6.45) is 32.1. The van der Waals surface area contributed by atoms with Crippen LogP contribution < -0.4 is 0 Å². The Morgan fingerprint density at radius 2 is 0.667 bits per heavy atom. The number of benzene rings is 2. The molecule has 6 nitrogen and oxygen atoms in total. The Kier molecular flexibility index (Phi) is 31.3. The monoisotopic (exact) mass is 826 g/mol. The van der Waals surface area contributed by atoms with Crippen molar-refractivity contribution < 1.29 is 16.5 Å². The van der Waals surface area contributed by atoms with Crippen molar-refractivity contribution in [2.24, 2.45) is 0 Å². The number of rotatable bonds is 4. The first kappa shape index (κ1) is 50.6. The largest absolute Gasteiger partial charge is 2.00 e. The number of isothiocyanates is 2. The Morgan fingerprint density at radius 1 is 0.439 bits per heavy atom. The van der Waals surface area contributed by atoms with Crippen LogP contribution in [0.1, 0.15) is 44.5 Å². The molecule has 0 atom stereocenters. The third-order valence-electron chi connectivity index (χ3n) is 7.15. The molecular formula is C48H44N6NiS2. The van der Waals surface area contributed by atoms with Gasteiger partial charge in [-0.1, -0.05) is 148 Å². The second kappa shape index (κ2) is 35.3. The van der Waals surface area contributed by atoms with Crippen LogP contribution in [0.25, 0.3) is 47.3 Å². The molecule has 9 heteroatoms. The Labute approximate surface area is 358 Å². The van der Waals surface area contributed by atoms with Crippen LogP contribution in [-0.4, -0.2) is 30.3 Å². The van der Waals surface area contributed by atoms with Gasteiger partial charge >= 0.3 is 16.5 Å². The van der Waals surface area contributed by atoms with Gasteiger partial charge in [0.05, 0.1) is 0 Å². The molecule has 2 aliphatic carbocycles. The summed E-state index contributed by atoms with van der Waals surface area (Å²) in [6.45, 7) is 14.4. The molecule has 0 aliphatic heterocycles. The van der Waals surface area contributed by atoms with Crippen LogP contribution in [-0.2, 0) is 29.3 Å². The predicted octanol–water partition coefficient (Wildman–Crippen LogP) is 12.7. The van der Waals surface area contributed by atoms with Gasteiger partial charge in [0.25, 0.3) is 0 Å². The standard InChI is InChI=1S/2C9H8.4C7H7N.2CNS.Ni/c2*1-2-5-9-7-3-6-8(9)4-1;4*1-2-7-3-5-8-6-4-7;2*2-1-3;/h2*1-6H,7H2;4*2-6H,1H2;;;/q;;;;;;2*-1;+2. The van der Waals surface area contributed by atoms with E-state index in [-0.39, 0.29) is 16.5 Å². The molecule has 6 aromatic rings. The summed E-state index contributed by atoms with van der Waals surface area (Å²) in [5.41, 5.74) is 10.1. The van der Waals surface area contributed by atoms with Crippen LogP contribution >= 0.6 is 24.4 Å². The number of fused-ring (bicyclic) bond motifs is 2. The smallest absolute Gasteiger partial charge is 0.753 e. The fraction of sp³-hybridized carbons (Fsp3) is 0.0417. The molecule has 0 saturated carbocycles. The van der Waals surface area contributed by atoms with Crippen LogP contribution in [0.3, 0.4) is 0 Å². The molecule has 0 unspecified atom stereocenters. The average molecular weight is 828 g/mol. The fourth-order valence-electron chi connectivity index (χ4n) is 4.39. The van der Waals surface area contributed by atoms with E-state index in [0.29, 0.717) is 0 Å². The maximum atomic E-state index is 7.13. The van der Waals surface area contributed by atoms with Gasteiger partial charge in [-0.05, 0) is 106 Å². The number of thiocarbonyl (C=S) groups is 2. The molecular weight excluding hydrogens is 783 g/mol. The van der Waals surface area contributed by atoms with Crippen molar-refractivity contribution in [3.8, 4) is 0 Å². The minimum Gasteiger partial charge on any atom is -0.753 e. The fourth-order valence-corrected chi connectivity index (χ4v) is 4.39. The summed E-state index contributed by atoms with van der Waals surface area (Å²) in [4.78, 5) is 15.4. The number of aromatic nitrogens is 4. The molecule has 0 amide bonds. The Bertz CT molecular complexity index is 1870. The van der Waals surface area contributed by atoms with E-state index >= 15 is 0 Å². The van der Waals surface area contributed by atoms with E-state index in [1.54, 1.807) is 73.9 Å². The molecule has 57 heavy (non-hydrogen) atoms. The van der Waals surface area contributed by atoms with Gasteiger partial charge in [-0.3, -0.25) is 19.9 Å². The van der Waals surface area contributed by atoms with Crippen LogP contribution in [0.2, 0.25) is 0 Å². The minimum absolute atomic E-state index is 0. The van der Waals surface area contributed by atoms with Crippen LogP contribution in [0.15, 0.2) is 185 Å². The van der Waals surface area contributed by atoms with E-state index in [9.17, 15) is 0 Å². The zero-order valence-electron chi connectivity index (χ0n) is 31.5. The molecule has 8 rings (SSSR count). The second-order valence-corrected chi connectivity index (χ2v) is 11.1. The van der Waals surface area contributed by atoms with Gasteiger partial charge in [-0.15, -0.1) is 0 Å². The van der Waals surface area contributed by atoms with E-state index in [1.807, 2.05) is 48.5 Å². The van der Waals surface area contributed by atoms with Crippen molar-refractivity contribution in [3.63, 3.8) is 0 Å². The second-order valence-electron chi connectivity index (χ2n) is 10.7. The molecule has 288 valence electrons. The Morgan fingerprint density at radius 3 is 0.860 bits per heavy atom. The summed E-state index contributed by atoms with van der Waals surface area (Å²) in [6, 6.07) is 32.3. The zero-order chi connectivity index (χ0) is 40.9. The van der Waals surface area contributed by atoms with Crippen molar-refractivity contribution in [1.29, 1.82) is 0 Å². The molecule has 0 bridgehead atoms. The van der Waals surface area contributed by atoms with Gasteiger partial charge in [0.15, 0.2) is 0 Å². The first-order valence-electron chi connectivity index (χ1n) is 17.1. The number of pyridine rings is 4. The van der Waals surface area contributed by atoms with Crippen LogP contribution in [0, 0.1) is 0 Å². The predicted molar refractivity (Wildman–Crippen MR) is 248 cm³/mol. The summed E-state index contributed by atoms with van der Waals surface area (Å²) in [5.74, 6) is 0. The normalized spacial score (nSPS) is 9.40. The summed E-state index contributed by atoms with van der Waals surface area (Å²) in [5, 5.41) is 16.9. The van der Waals surface area contributed by atoms with E-state index in [1.165, 1.54) is 32.6 Å². The van der Waals surface area contributed by atoms with Gasteiger partial charge < -0.3 is 10.8 Å². The topological polar surface area (TPSA) is 96.2 Å². The molecule has 0 saturated heterocycles. The quantitative estimate of drug-likeness (QED) is 0.0997. The number of allylic oxidation sites excluding steroid dienone is 2. The number of hydrogen-bond donors (Lipinski definition) is 0. The SMILES string of the molecule is C1=Cc2ccccc2C1.C1=Cc2ccccc2C1.C=Cc1ccncc1.C=Cc1ccncc1.C=Cc1ccncc1.C=Cc1ccncc1.[N-]=C=S.[N-]=C=S.[Ni+2]. The maximum absolute atomic E-state index is 7.13. The molecule has 4 heterocycles. The summed E-state index contributed by atoms with van der Waals surface area (Å²) < 4.78 is 0. The number of nitrogens with zero attached hydrogens (tertiary/aromatic N) is 6. The zero-order valence-corrected chi connectivity index (χ0v) is 34.2. The third kappa shape index (κ3) is 24.6. The molecule has 0 fully saturated rings. The Hall–Kier alpha value is -6.43. The van der Waals surface area contributed by atoms with Crippen LogP contribution in [0.5, 0.6) is 0 Å². The van der Waals surface area contributed by atoms with Gasteiger partial charge in [0.2, 0.25) is 0 Å². The van der Waals surface area contributed by atoms with Gasteiger partial charge in [0, 0.05) is 49.6 Å². The van der Waals surface area contributed by atoms with Crippen molar-refractivity contribution in [2.45, 2.75) is 12.8 Å². The third-order valence-corrected chi connectivity index (χ3v) is 7.15. The molecule has 0 N–H and O–H groups in total. The molecule has 2 aromatic carbocycles. The Balaban J connectivity index is 0.000000641. The molecule has 4 aromatic heterocycles. The first-order valence-corrected chi connectivity index (χ1v) is 17.9. The van der Waals surface area contributed by atoms with Crippen molar-refractivity contribution in [2.75, 3.05) is 0 Å². The maximum Gasteiger partial charge on any atom is 2.00 e. The van der Waals surface area contributed by atoms with Gasteiger partial charge in [-0.2, -0.15) is 10.3 Å². The van der Waals surface area contributed by atoms with E-state index in [4.69, 9.17) is 10.8 Å². The minimum atomic E-state index is 0. The number of hydrogen-bond acceptors (Lipinski definition) is 6. The first-order chi connectivity index (χ1) is 27.5. The summed E-state index contributed by atoms with van der Waals surface area (Å²) in [7, 11) is 0. The van der Waals surface area contributed by atoms with Gasteiger partial charge in [-0.25, -0.2) is 0 Å². The van der Waals surface area contributed by atoms with Crippen LogP contribution in [0.4, 0.5) is 0 Å². The van der Waals surface area contributed by atoms with E-state index in [2.05, 4.69) is 144 Å².